The molecule has 0 aliphatic rings. The number of ether oxygens (including phenoxy) is 1. The van der Waals surface area contributed by atoms with Crippen LogP contribution in [0.4, 0.5) is 5.69 Å². The summed E-state index contributed by atoms with van der Waals surface area (Å²) in [6, 6.07) is 14.0. The van der Waals surface area contributed by atoms with Crippen LogP contribution in [0.15, 0.2) is 46.9 Å². The van der Waals surface area contributed by atoms with Crippen LogP contribution < -0.4 is 10.1 Å². The van der Waals surface area contributed by atoms with Gasteiger partial charge in [0.15, 0.2) is 18.1 Å². The number of rotatable bonds is 4. The molecular formula is C17H13N3O3. The quantitative estimate of drug-likeness (QED) is 0.800. The van der Waals surface area contributed by atoms with Crippen LogP contribution in [0.3, 0.4) is 0 Å². The maximum atomic E-state index is 12.0. The molecule has 1 heterocycles. The number of carbonyl (C=O) groups is 1. The molecule has 2 aromatic carbocycles. The number of para-hydroxylation sites is 1. The molecular weight excluding hydrogens is 294 g/mol. The molecule has 23 heavy (non-hydrogen) atoms. The molecule has 0 bridgehead atoms. The predicted molar refractivity (Wildman–Crippen MR) is 84.0 cm³/mol. The third-order valence-electron chi connectivity index (χ3n) is 3.15. The lowest BCUT2D eigenvalue weighted by atomic mass is 10.2. The minimum Gasteiger partial charge on any atom is -0.482 e. The standard InChI is InChI=1S/C17H13N3O3/c1-11-19-14-7-6-13(8-16(14)23-11)20-17(21)10-22-15-5-3-2-4-12(15)9-18/h2-8H,10H2,1H3,(H,20,21). The molecule has 1 aromatic heterocycles. The van der Waals surface area contributed by atoms with Crippen LogP contribution >= 0.6 is 0 Å². The fourth-order valence-corrected chi connectivity index (χ4v) is 2.14. The van der Waals surface area contributed by atoms with Crippen LogP contribution in [0.1, 0.15) is 11.5 Å². The topological polar surface area (TPSA) is 88.1 Å². The van der Waals surface area contributed by atoms with Gasteiger partial charge in [-0.2, -0.15) is 5.26 Å². The lowest BCUT2D eigenvalue weighted by Crippen LogP contribution is -2.20. The first-order valence-corrected chi connectivity index (χ1v) is 6.94. The first kappa shape index (κ1) is 14.6. The van der Waals surface area contributed by atoms with Gasteiger partial charge in [-0.1, -0.05) is 12.1 Å². The molecule has 0 fully saturated rings. The molecule has 0 saturated carbocycles. The van der Waals surface area contributed by atoms with E-state index in [1.807, 2.05) is 6.07 Å². The highest BCUT2D eigenvalue weighted by molar-refractivity contribution is 5.93. The average Bonchev–Trinajstić information content (AvgIpc) is 2.92. The van der Waals surface area contributed by atoms with Gasteiger partial charge in [-0.25, -0.2) is 4.98 Å². The smallest absolute Gasteiger partial charge is 0.262 e. The Hall–Kier alpha value is -3.33. The predicted octanol–water partition coefficient (Wildman–Crippen LogP) is 3.03. The highest BCUT2D eigenvalue weighted by Gasteiger charge is 2.08. The number of amides is 1. The lowest BCUT2D eigenvalue weighted by molar-refractivity contribution is -0.118. The number of anilines is 1. The molecule has 1 amide bonds. The van der Waals surface area contributed by atoms with Crippen molar-refractivity contribution in [3.8, 4) is 11.8 Å². The summed E-state index contributed by atoms with van der Waals surface area (Å²) in [5, 5.41) is 11.7. The fourth-order valence-electron chi connectivity index (χ4n) is 2.14. The Morgan fingerprint density at radius 2 is 2.17 bits per heavy atom. The molecule has 114 valence electrons. The second-order valence-electron chi connectivity index (χ2n) is 4.86. The highest BCUT2D eigenvalue weighted by Crippen LogP contribution is 2.20. The maximum Gasteiger partial charge on any atom is 0.262 e. The molecule has 0 spiro atoms. The van der Waals surface area contributed by atoms with E-state index < -0.39 is 0 Å². The number of benzene rings is 2. The fraction of sp³-hybridized carbons (Fsp3) is 0.118. The summed E-state index contributed by atoms with van der Waals surface area (Å²) >= 11 is 0. The molecule has 1 N–H and O–H groups in total. The summed E-state index contributed by atoms with van der Waals surface area (Å²) < 4.78 is 10.8. The molecule has 3 rings (SSSR count). The molecule has 6 heteroatoms. The van der Waals surface area contributed by atoms with Crippen LogP contribution in [0, 0.1) is 18.3 Å². The first-order valence-electron chi connectivity index (χ1n) is 6.94. The number of carbonyl (C=O) groups excluding carboxylic acids is 1. The van der Waals surface area contributed by atoms with Gasteiger partial charge >= 0.3 is 0 Å². The number of hydrogen-bond acceptors (Lipinski definition) is 5. The van der Waals surface area contributed by atoms with Gasteiger partial charge in [-0.3, -0.25) is 4.79 Å². The van der Waals surface area contributed by atoms with E-state index in [9.17, 15) is 4.79 Å². The molecule has 0 aliphatic carbocycles. The van der Waals surface area contributed by atoms with Gasteiger partial charge < -0.3 is 14.5 Å². The van der Waals surface area contributed by atoms with Gasteiger partial charge in [0.1, 0.15) is 17.3 Å². The van der Waals surface area contributed by atoms with Crippen molar-refractivity contribution in [3.63, 3.8) is 0 Å². The summed E-state index contributed by atoms with van der Waals surface area (Å²) in [7, 11) is 0. The molecule has 0 atom stereocenters. The number of nitrogens with zero attached hydrogens (tertiary/aromatic N) is 2. The van der Waals surface area contributed by atoms with Crippen molar-refractivity contribution in [2.75, 3.05) is 11.9 Å². The molecule has 0 radical (unpaired) electrons. The third-order valence-corrected chi connectivity index (χ3v) is 3.15. The van der Waals surface area contributed by atoms with E-state index in [-0.39, 0.29) is 12.5 Å². The molecule has 0 unspecified atom stereocenters. The zero-order chi connectivity index (χ0) is 16.2. The van der Waals surface area contributed by atoms with Gasteiger partial charge in [-0.15, -0.1) is 0 Å². The summed E-state index contributed by atoms with van der Waals surface area (Å²) in [4.78, 5) is 16.2. The van der Waals surface area contributed by atoms with E-state index in [0.717, 1.165) is 5.52 Å². The molecule has 6 nitrogen and oxygen atoms in total. The Kier molecular flexibility index (Phi) is 3.93. The summed E-state index contributed by atoms with van der Waals surface area (Å²) in [5.41, 5.74) is 2.32. The van der Waals surface area contributed by atoms with Crippen LogP contribution in [0.25, 0.3) is 11.1 Å². The van der Waals surface area contributed by atoms with Crippen molar-refractivity contribution < 1.29 is 13.9 Å². The number of hydrogen-bond donors (Lipinski definition) is 1. The van der Waals surface area contributed by atoms with Crippen molar-refractivity contribution in [3.05, 3.63) is 53.9 Å². The summed E-state index contributed by atoms with van der Waals surface area (Å²) in [6.45, 7) is 1.57. The highest BCUT2D eigenvalue weighted by atomic mass is 16.5. The van der Waals surface area contributed by atoms with Gasteiger partial charge in [0.05, 0.1) is 5.56 Å². The number of nitriles is 1. The van der Waals surface area contributed by atoms with Gasteiger partial charge in [0, 0.05) is 18.7 Å². The van der Waals surface area contributed by atoms with Crippen LogP contribution in [0.5, 0.6) is 5.75 Å². The number of aryl methyl sites for hydroxylation is 1. The number of fused-ring (bicyclic) bond motifs is 1. The number of aromatic nitrogens is 1. The van der Waals surface area contributed by atoms with E-state index in [4.69, 9.17) is 14.4 Å². The monoisotopic (exact) mass is 307 g/mol. The molecule has 3 aromatic rings. The Bertz CT molecular complexity index is 909. The summed E-state index contributed by atoms with van der Waals surface area (Å²) in [5.74, 6) is 0.625. The van der Waals surface area contributed by atoms with E-state index in [2.05, 4.69) is 10.3 Å². The molecule has 0 saturated heterocycles. The van der Waals surface area contributed by atoms with Crippen LogP contribution in [0.2, 0.25) is 0 Å². The van der Waals surface area contributed by atoms with Crippen molar-refractivity contribution in [1.82, 2.24) is 4.98 Å². The first-order chi connectivity index (χ1) is 11.2. The average molecular weight is 307 g/mol. The van der Waals surface area contributed by atoms with Crippen molar-refractivity contribution >= 4 is 22.7 Å². The van der Waals surface area contributed by atoms with Crippen molar-refractivity contribution in [2.24, 2.45) is 0 Å². The van der Waals surface area contributed by atoms with Crippen LogP contribution in [-0.2, 0) is 4.79 Å². The van der Waals surface area contributed by atoms with Crippen LogP contribution in [-0.4, -0.2) is 17.5 Å². The third kappa shape index (κ3) is 3.30. The Morgan fingerprint density at radius 1 is 1.35 bits per heavy atom. The zero-order valence-electron chi connectivity index (χ0n) is 12.4. The Balaban J connectivity index is 1.65. The minimum atomic E-state index is -0.326. The Labute approximate surface area is 132 Å². The molecule has 0 aliphatic heterocycles. The van der Waals surface area contributed by atoms with Crippen molar-refractivity contribution in [1.29, 1.82) is 5.26 Å². The van der Waals surface area contributed by atoms with Gasteiger partial charge in [0.25, 0.3) is 5.91 Å². The van der Waals surface area contributed by atoms with E-state index in [1.54, 1.807) is 49.4 Å². The van der Waals surface area contributed by atoms with Crippen molar-refractivity contribution in [2.45, 2.75) is 6.92 Å². The number of nitrogens with one attached hydrogen (secondary N) is 1. The Morgan fingerprint density at radius 3 is 3.00 bits per heavy atom. The van der Waals surface area contributed by atoms with E-state index >= 15 is 0 Å². The normalized spacial score (nSPS) is 10.3. The summed E-state index contributed by atoms with van der Waals surface area (Å²) in [6.07, 6.45) is 0. The van der Waals surface area contributed by atoms with Gasteiger partial charge in [0.2, 0.25) is 0 Å². The zero-order valence-corrected chi connectivity index (χ0v) is 12.4. The number of oxazole rings is 1. The second kappa shape index (κ2) is 6.20. The lowest BCUT2D eigenvalue weighted by Gasteiger charge is -2.08. The maximum absolute atomic E-state index is 12.0. The second-order valence-corrected chi connectivity index (χ2v) is 4.86. The van der Waals surface area contributed by atoms with Gasteiger partial charge in [-0.05, 0) is 24.3 Å². The SMILES string of the molecule is Cc1nc2ccc(NC(=O)COc3ccccc3C#N)cc2o1. The van der Waals surface area contributed by atoms with E-state index in [0.29, 0.717) is 28.5 Å². The minimum absolute atomic E-state index is 0.188. The van der Waals surface area contributed by atoms with E-state index in [1.165, 1.54) is 0 Å². The largest absolute Gasteiger partial charge is 0.482 e.